The van der Waals surface area contributed by atoms with Crippen molar-refractivity contribution in [2.24, 2.45) is 11.7 Å². The van der Waals surface area contributed by atoms with Crippen molar-refractivity contribution in [3.05, 3.63) is 35.4 Å². The van der Waals surface area contributed by atoms with Crippen LogP contribution in [-0.4, -0.2) is 23.5 Å². The van der Waals surface area contributed by atoms with Crippen LogP contribution < -0.4 is 5.73 Å². The predicted octanol–water partition coefficient (Wildman–Crippen LogP) is 3.72. The summed E-state index contributed by atoms with van der Waals surface area (Å²) in [6.07, 6.45) is 5.20. The van der Waals surface area contributed by atoms with Gasteiger partial charge in [-0.05, 0) is 37.8 Å². The second kappa shape index (κ2) is 6.73. The molecule has 0 amide bonds. The fourth-order valence-electron chi connectivity index (χ4n) is 3.88. The normalized spacial score (nSPS) is 26.9. The lowest BCUT2D eigenvalue weighted by Gasteiger charge is -2.47. The molecule has 20 heavy (non-hydrogen) atoms. The van der Waals surface area contributed by atoms with E-state index in [9.17, 15) is 0 Å². The van der Waals surface area contributed by atoms with Crippen LogP contribution in [0.5, 0.6) is 0 Å². The van der Waals surface area contributed by atoms with Gasteiger partial charge in [-0.15, -0.1) is 0 Å². The van der Waals surface area contributed by atoms with Gasteiger partial charge in [0.25, 0.3) is 0 Å². The molecule has 1 aromatic rings. The Morgan fingerprint density at radius 2 is 2.20 bits per heavy atom. The Morgan fingerprint density at radius 1 is 1.40 bits per heavy atom. The van der Waals surface area contributed by atoms with E-state index in [2.05, 4.69) is 49.9 Å². The van der Waals surface area contributed by atoms with E-state index in [1.54, 1.807) is 0 Å². The first-order chi connectivity index (χ1) is 9.59. The highest BCUT2D eigenvalue weighted by Crippen LogP contribution is 2.37. The lowest BCUT2D eigenvalue weighted by Crippen LogP contribution is -2.55. The number of nitrogens with two attached hydrogens (primary N) is 1. The molecule has 112 valence electrons. The molecule has 1 fully saturated rings. The van der Waals surface area contributed by atoms with Crippen molar-refractivity contribution in [1.29, 1.82) is 0 Å². The first-order valence-corrected chi connectivity index (χ1v) is 8.10. The molecule has 2 heteroatoms. The van der Waals surface area contributed by atoms with Gasteiger partial charge in [0, 0.05) is 18.6 Å². The van der Waals surface area contributed by atoms with Crippen molar-refractivity contribution in [2.75, 3.05) is 13.1 Å². The average Bonchev–Trinajstić information content (AvgIpc) is 2.44. The van der Waals surface area contributed by atoms with Crippen LogP contribution in [0.4, 0.5) is 0 Å². The first kappa shape index (κ1) is 15.5. The smallest absolute Gasteiger partial charge is 0.0337 e. The number of likely N-dealkylation sites (N-methyl/N-ethyl adjacent to an activating group) is 1. The van der Waals surface area contributed by atoms with Crippen LogP contribution in [0.3, 0.4) is 0 Å². The molecule has 1 aliphatic rings. The minimum Gasteiger partial charge on any atom is -0.329 e. The van der Waals surface area contributed by atoms with Crippen molar-refractivity contribution in [1.82, 2.24) is 4.90 Å². The van der Waals surface area contributed by atoms with Gasteiger partial charge in [-0.25, -0.2) is 0 Å². The van der Waals surface area contributed by atoms with Gasteiger partial charge in [0.1, 0.15) is 0 Å². The van der Waals surface area contributed by atoms with E-state index in [1.807, 2.05) is 0 Å². The number of nitrogens with zero attached hydrogens (tertiary/aromatic N) is 1. The molecule has 1 saturated carbocycles. The maximum absolute atomic E-state index is 6.22. The lowest BCUT2D eigenvalue weighted by atomic mass is 9.75. The number of rotatable bonds is 5. The highest BCUT2D eigenvalue weighted by Gasteiger charge is 2.38. The third kappa shape index (κ3) is 3.42. The van der Waals surface area contributed by atoms with Crippen LogP contribution in [0.1, 0.15) is 50.7 Å². The molecule has 2 nitrogen and oxygen atoms in total. The molecule has 2 unspecified atom stereocenters. The van der Waals surface area contributed by atoms with Gasteiger partial charge >= 0.3 is 0 Å². The Labute approximate surface area is 124 Å². The average molecular weight is 274 g/mol. The third-order valence-corrected chi connectivity index (χ3v) is 4.96. The van der Waals surface area contributed by atoms with E-state index in [1.165, 1.54) is 36.8 Å². The van der Waals surface area contributed by atoms with Crippen LogP contribution in [-0.2, 0) is 6.54 Å². The van der Waals surface area contributed by atoms with E-state index < -0.39 is 0 Å². The summed E-state index contributed by atoms with van der Waals surface area (Å²) in [6.45, 7) is 9.72. The second-order valence-electron chi connectivity index (χ2n) is 6.63. The minimum absolute atomic E-state index is 0.218. The van der Waals surface area contributed by atoms with Gasteiger partial charge in [-0.1, -0.05) is 56.5 Å². The minimum atomic E-state index is 0.218. The highest BCUT2D eigenvalue weighted by atomic mass is 15.2. The number of benzene rings is 1. The van der Waals surface area contributed by atoms with Gasteiger partial charge in [0.15, 0.2) is 0 Å². The first-order valence-electron chi connectivity index (χ1n) is 8.10. The summed E-state index contributed by atoms with van der Waals surface area (Å²) >= 11 is 0. The summed E-state index contributed by atoms with van der Waals surface area (Å²) in [6, 6.07) is 8.88. The van der Waals surface area contributed by atoms with E-state index >= 15 is 0 Å². The molecule has 0 heterocycles. The Bertz CT molecular complexity index is 429. The largest absolute Gasteiger partial charge is 0.329 e. The van der Waals surface area contributed by atoms with Crippen LogP contribution in [0.25, 0.3) is 0 Å². The summed E-state index contributed by atoms with van der Waals surface area (Å²) in [5.74, 6) is 0.804. The van der Waals surface area contributed by atoms with E-state index in [0.717, 1.165) is 25.6 Å². The standard InChI is InChI=1S/C18H30N2/c1-4-20(13-17-9-5-7-15(2)11-17)18(14-19)10-6-8-16(3)12-18/h5,7,9,11,16H,4,6,8,10,12-14,19H2,1-3H3. The van der Waals surface area contributed by atoms with Gasteiger partial charge in [0.05, 0.1) is 0 Å². The van der Waals surface area contributed by atoms with Crippen LogP contribution in [0, 0.1) is 12.8 Å². The molecule has 0 aliphatic heterocycles. The molecule has 1 aromatic carbocycles. The summed E-state index contributed by atoms with van der Waals surface area (Å²) in [4.78, 5) is 2.62. The molecule has 1 aliphatic carbocycles. The summed E-state index contributed by atoms with van der Waals surface area (Å²) in [5.41, 5.74) is 9.20. The Kier molecular flexibility index (Phi) is 5.22. The highest BCUT2D eigenvalue weighted by molar-refractivity contribution is 5.22. The maximum Gasteiger partial charge on any atom is 0.0337 e. The molecule has 0 radical (unpaired) electrons. The molecule has 2 rings (SSSR count). The molecule has 0 aromatic heterocycles. The van der Waals surface area contributed by atoms with Crippen LogP contribution in [0.15, 0.2) is 24.3 Å². The van der Waals surface area contributed by atoms with Gasteiger partial charge in [-0.3, -0.25) is 4.90 Å². The Balaban J connectivity index is 2.17. The van der Waals surface area contributed by atoms with E-state index in [0.29, 0.717) is 0 Å². The molecule has 2 atom stereocenters. The van der Waals surface area contributed by atoms with Crippen LogP contribution in [0.2, 0.25) is 0 Å². The lowest BCUT2D eigenvalue weighted by molar-refractivity contribution is 0.0367. The fourth-order valence-corrected chi connectivity index (χ4v) is 3.88. The number of hydrogen-bond acceptors (Lipinski definition) is 2. The monoisotopic (exact) mass is 274 g/mol. The summed E-state index contributed by atoms with van der Waals surface area (Å²) in [5, 5.41) is 0. The van der Waals surface area contributed by atoms with Crippen molar-refractivity contribution in [3.8, 4) is 0 Å². The summed E-state index contributed by atoms with van der Waals surface area (Å²) in [7, 11) is 0. The predicted molar refractivity (Wildman–Crippen MR) is 86.7 cm³/mol. The molecule has 2 N–H and O–H groups in total. The van der Waals surface area contributed by atoms with Crippen LogP contribution >= 0.6 is 0 Å². The number of aryl methyl sites for hydroxylation is 1. The molecule has 0 spiro atoms. The molecule has 0 bridgehead atoms. The third-order valence-electron chi connectivity index (χ3n) is 4.96. The topological polar surface area (TPSA) is 29.3 Å². The molecule has 0 saturated heterocycles. The Morgan fingerprint density at radius 3 is 2.80 bits per heavy atom. The number of hydrogen-bond donors (Lipinski definition) is 1. The van der Waals surface area contributed by atoms with Gasteiger partial charge in [-0.2, -0.15) is 0 Å². The van der Waals surface area contributed by atoms with Crippen molar-refractivity contribution in [3.63, 3.8) is 0 Å². The zero-order valence-electron chi connectivity index (χ0n) is 13.4. The zero-order chi connectivity index (χ0) is 14.6. The summed E-state index contributed by atoms with van der Waals surface area (Å²) < 4.78 is 0. The maximum atomic E-state index is 6.22. The second-order valence-corrected chi connectivity index (χ2v) is 6.63. The molecular weight excluding hydrogens is 244 g/mol. The van der Waals surface area contributed by atoms with Gasteiger partial charge < -0.3 is 5.73 Å². The van der Waals surface area contributed by atoms with Gasteiger partial charge in [0.2, 0.25) is 0 Å². The van der Waals surface area contributed by atoms with Crippen molar-refractivity contribution >= 4 is 0 Å². The Hall–Kier alpha value is -0.860. The zero-order valence-corrected chi connectivity index (χ0v) is 13.4. The van der Waals surface area contributed by atoms with Crippen molar-refractivity contribution in [2.45, 2.75) is 58.5 Å². The SMILES string of the molecule is CCN(Cc1cccc(C)c1)C1(CN)CCCC(C)C1. The molecular formula is C18H30N2. The quantitative estimate of drug-likeness (QED) is 0.886. The fraction of sp³-hybridized carbons (Fsp3) is 0.667. The van der Waals surface area contributed by atoms with E-state index in [4.69, 9.17) is 5.73 Å². The van der Waals surface area contributed by atoms with E-state index in [-0.39, 0.29) is 5.54 Å². The van der Waals surface area contributed by atoms with Crippen molar-refractivity contribution < 1.29 is 0 Å².